The highest BCUT2D eigenvalue weighted by molar-refractivity contribution is 5.94. The zero-order chi connectivity index (χ0) is 15.6. The Bertz CT molecular complexity index is 687. The normalized spacial score (nSPS) is 18.0. The summed E-state index contributed by atoms with van der Waals surface area (Å²) in [4.78, 5) is 14.5. The molecule has 0 saturated heterocycles. The second-order valence-electron chi connectivity index (χ2n) is 6.40. The summed E-state index contributed by atoms with van der Waals surface area (Å²) in [6, 6.07) is 7.58. The Labute approximate surface area is 135 Å². The molecule has 1 aromatic carbocycles. The second-order valence-corrected chi connectivity index (χ2v) is 6.40. The number of hydrogen-bond acceptors (Lipinski definition) is 3. The van der Waals surface area contributed by atoms with Gasteiger partial charge in [0.05, 0.1) is 12.3 Å². The summed E-state index contributed by atoms with van der Waals surface area (Å²) < 4.78 is 5.95. The third-order valence-corrected chi connectivity index (χ3v) is 4.79. The zero-order valence-electron chi connectivity index (χ0n) is 13.1. The molecule has 1 aliphatic heterocycles. The number of nitrogens with zero attached hydrogens (tertiary/aromatic N) is 2. The average Bonchev–Trinajstić information content (AvgIpc) is 3.25. The van der Waals surface area contributed by atoms with E-state index in [0.717, 1.165) is 48.4 Å². The van der Waals surface area contributed by atoms with Gasteiger partial charge in [0, 0.05) is 36.3 Å². The molecule has 0 radical (unpaired) electrons. The zero-order valence-corrected chi connectivity index (χ0v) is 13.1. The summed E-state index contributed by atoms with van der Waals surface area (Å²) in [5, 5.41) is 7.05. The Morgan fingerprint density at radius 2 is 2.00 bits per heavy atom. The highest BCUT2D eigenvalue weighted by Crippen LogP contribution is 2.25. The summed E-state index contributed by atoms with van der Waals surface area (Å²) in [6.45, 7) is 1.36. The highest BCUT2D eigenvalue weighted by atomic mass is 16.5. The Morgan fingerprint density at radius 1 is 1.22 bits per heavy atom. The number of carbonyl (C=O) groups is 1. The molecule has 5 heteroatoms. The van der Waals surface area contributed by atoms with Crippen LogP contribution < -0.4 is 4.74 Å². The van der Waals surface area contributed by atoms with Crippen molar-refractivity contribution in [1.82, 2.24) is 15.1 Å². The van der Waals surface area contributed by atoms with E-state index in [4.69, 9.17) is 4.74 Å². The van der Waals surface area contributed by atoms with Crippen LogP contribution in [0.4, 0.5) is 0 Å². The van der Waals surface area contributed by atoms with Gasteiger partial charge >= 0.3 is 0 Å². The standard InChI is InChI=1S/C18H21N3O2/c22-18(21-10-9-17-14(12-21)11-19-20-17)13-5-7-16(8-6-13)23-15-3-1-2-4-15/h5-8,11,15H,1-4,9-10,12H2,(H,19,20). The molecule has 0 spiro atoms. The lowest BCUT2D eigenvalue weighted by Crippen LogP contribution is -2.35. The number of hydrogen-bond donors (Lipinski definition) is 1. The maximum atomic E-state index is 12.6. The van der Waals surface area contributed by atoms with Crippen molar-refractivity contribution in [2.24, 2.45) is 0 Å². The van der Waals surface area contributed by atoms with Gasteiger partial charge in [-0.05, 0) is 49.9 Å². The molecule has 2 aromatic rings. The van der Waals surface area contributed by atoms with Crippen LogP contribution in [0.3, 0.4) is 0 Å². The van der Waals surface area contributed by atoms with Gasteiger partial charge in [-0.15, -0.1) is 0 Å². The molecule has 1 fully saturated rings. The van der Waals surface area contributed by atoms with Gasteiger partial charge in [-0.2, -0.15) is 5.10 Å². The molecule has 0 bridgehead atoms. The summed E-state index contributed by atoms with van der Waals surface area (Å²) >= 11 is 0. The van der Waals surface area contributed by atoms with Crippen LogP contribution in [0.25, 0.3) is 0 Å². The molecule has 4 rings (SSSR count). The third kappa shape index (κ3) is 2.96. The second kappa shape index (κ2) is 6.07. The number of benzene rings is 1. The monoisotopic (exact) mass is 311 g/mol. The average molecular weight is 311 g/mol. The van der Waals surface area contributed by atoms with E-state index in [0.29, 0.717) is 12.6 Å². The van der Waals surface area contributed by atoms with E-state index in [2.05, 4.69) is 10.2 Å². The van der Waals surface area contributed by atoms with E-state index >= 15 is 0 Å². The van der Waals surface area contributed by atoms with Crippen molar-refractivity contribution in [3.05, 3.63) is 47.3 Å². The quantitative estimate of drug-likeness (QED) is 0.948. The van der Waals surface area contributed by atoms with Crippen LogP contribution in [0, 0.1) is 0 Å². The molecule has 120 valence electrons. The van der Waals surface area contributed by atoms with Crippen LogP contribution in [0.2, 0.25) is 0 Å². The lowest BCUT2D eigenvalue weighted by atomic mass is 10.1. The topological polar surface area (TPSA) is 58.2 Å². The van der Waals surface area contributed by atoms with Gasteiger partial charge in [-0.3, -0.25) is 9.89 Å². The number of H-pyrrole nitrogens is 1. The first-order chi connectivity index (χ1) is 11.3. The van der Waals surface area contributed by atoms with Gasteiger partial charge in [0.15, 0.2) is 0 Å². The van der Waals surface area contributed by atoms with Gasteiger partial charge in [-0.1, -0.05) is 0 Å². The van der Waals surface area contributed by atoms with E-state index in [9.17, 15) is 4.79 Å². The first kappa shape index (κ1) is 14.3. The van der Waals surface area contributed by atoms with Crippen molar-refractivity contribution in [3.63, 3.8) is 0 Å². The molecule has 1 aromatic heterocycles. The first-order valence-electron chi connectivity index (χ1n) is 8.37. The number of nitrogens with one attached hydrogen (secondary N) is 1. The van der Waals surface area contributed by atoms with E-state index < -0.39 is 0 Å². The third-order valence-electron chi connectivity index (χ3n) is 4.79. The van der Waals surface area contributed by atoms with Crippen molar-refractivity contribution < 1.29 is 9.53 Å². The minimum atomic E-state index is 0.0734. The van der Waals surface area contributed by atoms with Crippen LogP contribution in [0.5, 0.6) is 5.75 Å². The number of ether oxygens (including phenoxy) is 1. The summed E-state index contributed by atoms with van der Waals surface area (Å²) in [5.74, 6) is 0.938. The van der Waals surface area contributed by atoms with E-state index in [1.807, 2.05) is 35.4 Å². The summed E-state index contributed by atoms with van der Waals surface area (Å²) in [7, 11) is 0. The molecule has 1 amide bonds. The predicted octanol–water partition coefficient (Wildman–Crippen LogP) is 2.93. The fraction of sp³-hybridized carbons (Fsp3) is 0.444. The Balaban J connectivity index is 1.42. The first-order valence-corrected chi connectivity index (χ1v) is 8.37. The van der Waals surface area contributed by atoms with Crippen LogP contribution in [-0.4, -0.2) is 33.7 Å². The largest absolute Gasteiger partial charge is 0.490 e. The van der Waals surface area contributed by atoms with Crippen molar-refractivity contribution in [2.75, 3.05) is 6.54 Å². The number of aromatic amines is 1. The Hall–Kier alpha value is -2.30. The minimum absolute atomic E-state index is 0.0734. The highest BCUT2D eigenvalue weighted by Gasteiger charge is 2.23. The van der Waals surface area contributed by atoms with Crippen molar-refractivity contribution >= 4 is 5.91 Å². The fourth-order valence-electron chi connectivity index (χ4n) is 3.45. The molecular formula is C18H21N3O2. The molecule has 0 unspecified atom stereocenters. The number of fused-ring (bicyclic) bond motifs is 1. The summed E-state index contributed by atoms with van der Waals surface area (Å²) in [5.41, 5.74) is 2.98. The van der Waals surface area contributed by atoms with E-state index in [1.165, 1.54) is 12.8 Å². The molecule has 1 N–H and O–H groups in total. The Morgan fingerprint density at radius 3 is 2.78 bits per heavy atom. The van der Waals surface area contributed by atoms with Gasteiger partial charge in [0.1, 0.15) is 5.75 Å². The van der Waals surface area contributed by atoms with Crippen molar-refractivity contribution in [1.29, 1.82) is 0 Å². The molecule has 1 saturated carbocycles. The minimum Gasteiger partial charge on any atom is -0.490 e. The predicted molar refractivity (Wildman–Crippen MR) is 86.4 cm³/mol. The molecular weight excluding hydrogens is 290 g/mol. The molecule has 23 heavy (non-hydrogen) atoms. The number of aromatic nitrogens is 2. The number of carbonyl (C=O) groups excluding carboxylic acids is 1. The van der Waals surface area contributed by atoms with Crippen molar-refractivity contribution in [2.45, 2.75) is 44.8 Å². The lowest BCUT2D eigenvalue weighted by Gasteiger charge is -2.26. The van der Waals surface area contributed by atoms with Gasteiger partial charge in [-0.25, -0.2) is 0 Å². The Kier molecular flexibility index (Phi) is 3.77. The summed E-state index contributed by atoms with van der Waals surface area (Å²) in [6.07, 6.45) is 7.79. The van der Waals surface area contributed by atoms with Gasteiger partial charge < -0.3 is 9.64 Å². The molecule has 5 nitrogen and oxygen atoms in total. The molecule has 0 atom stereocenters. The van der Waals surface area contributed by atoms with Crippen molar-refractivity contribution in [3.8, 4) is 5.75 Å². The lowest BCUT2D eigenvalue weighted by molar-refractivity contribution is 0.0734. The molecule has 1 aliphatic carbocycles. The van der Waals surface area contributed by atoms with Crippen LogP contribution in [-0.2, 0) is 13.0 Å². The van der Waals surface area contributed by atoms with Crippen LogP contribution in [0.15, 0.2) is 30.5 Å². The van der Waals surface area contributed by atoms with Crippen LogP contribution in [0.1, 0.15) is 47.3 Å². The maximum Gasteiger partial charge on any atom is 0.254 e. The SMILES string of the molecule is O=C(c1ccc(OC2CCCC2)cc1)N1CCc2[nH]ncc2C1. The van der Waals surface area contributed by atoms with E-state index in [-0.39, 0.29) is 5.91 Å². The number of amides is 1. The molecule has 2 heterocycles. The van der Waals surface area contributed by atoms with Gasteiger partial charge in [0.2, 0.25) is 0 Å². The van der Waals surface area contributed by atoms with Gasteiger partial charge in [0.25, 0.3) is 5.91 Å². The smallest absolute Gasteiger partial charge is 0.254 e. The maximum absolute atomic E-state index is 12.6. The van der Waals surface area contributed by atoms with E-state index in [1.54, 1.807) is 0 Å². The fourth-order valence-corrected chi connectivity index (χ4v) is 3.45. The number of rotatable bonds is 3. The van der Waals surface area contributed by atoms with Crippen LogP contribution >= 0.6 is 0 Å². The molecule has 2 aliphatic rings.